The molecular formula is C9H16O2. The van der Waals surface area contributed by atoms with E-state index in [2.05, 4.69) is 0 Å². The van der Waals surface area contributed by atoms with Crippen LogP contribution in [0.2, 0.25) is 0 Å². The predicted molar refractivity (Wildman–Crippen MR) is 42.0 cm³/mol. The Kier molecular flexibility index (Phi) is 1.90. The van der Waals surface area contributed by atoms with Gasteiger partial charge in [-0.25, -0.2) is 0 Å². The topological polar surface area (TPSA) is 40.5 Å². The van der Waals surface area contributed by atoms with Crippen molar-refractivity contribution < 1.29 is 10.2 Å². The molecular weight excluding hydrogens is 140 g/mol. The van der Waals surface area contributed by atoms with Gasteiger partial charge in [0.2, 0.25) is 0 Å². The fourth-order valence-electron chi connectivity index (χ4n) is 3.10. The summed E-state index contributed by atoms with van der Waals surface area (Å²) in [4.78, 5) is 0. The van der Waals surface area contributed by atoms with Crippen LogP contribution in [-0.4, -0.2) is 23.4 Å². The van der Waals surface area contributed by atoms with Crippen LogP contribution >= 0.6 is 0 Å². The average molecular weight is 156 g/mol. The van der Waals surface area contributed by atoms with Crippen LogP contribution in [0.15, 0.2) is 0 Å². The molecule has 0 aliphatic heterocycles. The first kappa shape index (κ1) is 7.56. The van der Waals surface area contributed by atoms with E-state index in [0.29, 0.717) is 11.8 Å². The molecule has 2 nitrogen and oxygen atoms in total. The van der Waals surface area contributed by atoms with Crippen LogP contribution in [0.3, 0.4) is 0 Å². The summed E-state index contributed by atoms with van der Waals surface area (Å²) in [6.45, 7) is 0.568. The Morgan fingerprint density at radius 2 is 1.36 bits per heavy atom. The van der Waals surface area contributed by atoms with Gasteiger partial charge in [0.05, 0.1) is 0 Å². The molecule has 2 N–H and O–H groups in total. The van der Waals surface area contributed by atoms with E-state index in [4.69, 9.17) is 10.2 Å². The first-order chi connectivity index (χ1) is 5.36. The van der Waals surface area contributed by atoms with Gasteiger partial charge in [-0.15, -0.1) is 0 Å². The highest BCUT2D eigenvalue weighted by atomic mass is 16.3. The number of aliphatic hydroxyl groups is 2. The molecule has 11 heavy (non-hydrogen) atoms. The SMILES string of the molecule is OCC1C(CO)[C@H]2CC[C@@H]1C2. The summed E-state index contributed by atoms with van der Waals surface area (Å²) >= 11 is 0. The number of hydrogen-bond acceptors (Lipinski definition) is 2. The summed E-state index contributed by atoms with van der Waals surface area (Å²) in [5.41, 5.74) is 0. The molecule has 0 radical (unpaired) electrons. The van der Waals surface area contributed by atoms with Gasteiger partial charge in [-0.05, 0) is 42.9 Å². The van der Waals surface area contributed by atoms with Gasteiger partial charge in [-0.2, -0.15) is 0 Å². The van der Waals surface area contributed by atoms with Crippen molar-refractivity contribution in [3.05, 3.63) is 0 Å². The van der Waals surface area contributed by atoms with Gasteiger partial charge in [-0.1, -0.05) is 0 Å². The first-order valence-corrected chi connectivity index (χ1v) is 4.58. The van der Waals surface area contributed by atoms with E-state index in [-0.39, 0.29) is 13.2 Å². The van der Waals surface area contributed by atoms with E-state index in [9.17, 15) is 0 Å². The fourth-order valence-corrected chi connectivity index (χ4v) is 3.10. The van der Waals surface area contributed by atoms with Crippen LogP contribution in [0.25, 0.3) is 0 Å². The maximum atomic E-state index is 9.08. The fraction of sp³-hybridized carbons (Fsp3) is 1.00. The van der Waals surface area contributed by atoms with E-state index < -0.39 is 0 Å². The Hall–Kier alpha value is -0.0800. The summed E-state index contributed by atoms with van der Waals surface area (Å²) in [6, 6.07) is 0. The monoisotopic (exact) mass is 156 g/mol. The molecule has 0 aromatic heterocycles. The molecule has 2 aliphatic rings. The molecule has 0 heterocycles. The van der Waals surface area contributed by atoms with Gasteiger partial charge in [0.15, 0.2) is 0 Å². The molecule has 0 spiro atoms. The maximum absolute atomic E-state index is 9.08. The highest BCUT2D eigenvalue weighted by Gasteiger charge is 2.46. The third kappa shape index (κ3) is 1.00. The predicted octanol–water partition coefficient (Wildman–Crippen LogP) is 0.633. The number of fused-ring (bicyclic) bond motifs is 2. The van der Waals surface area contributed by atoms with E-state index in [1.54, 1.807) is 0 Å². The number of rotatable bonds is 2. The number of aliphatic hydroxyl groups excluding tert-OH is 2. The molecule has 0 aromatic carbocycles. The summed E-state index contributed by atoms with van der Waals surface area (Å²) in [7, 11) is 0. The van der Waals surface area contributed by atoms with Crippen molar-refractivity contribution in [3.8, 4) is 0 Å². The van der Waals surface area contributed by atoms with Crippen molar-refractivity contribution in [1.82, 2.24) is 0 Å². The van der Waals surface area contributed by atoms with Crippen molar-refractivity contribution >= 4 is 0 Å². The van der Waals surface area contributed by atoms with Crippen LogP contribution in [0.4, 0.5) is 0 Å². The highest BCUT2D eigenvalue weighted by molar-refractivity contribution is 4.95. The molecule has 64 valence electrons. The van der Waals surface area contributed by atoms with E-state index in [1.165, 1.54) is 19.3 Å². The lowest BCUT2D eigenvalue weighted by Gasteiger charge is -2.27. The van der Waals surface area contributed by atoms with Gasteiger partial charge in [0.1, 0.15) is 0 Å². The third-order valence-corrected chi connectivity index (χ3v) is 3.70. The van der Waals surface area contributed by atoms with Crippen molar-refractivity contribution in [2.45, 2.75) is 19.3 Å². The van der Waals surface area contributed by atoms with Gasteiger partial charge in [0, 0.05) is 13.2 Å². The van der Waals surface area contributed by atoms with E-state index in [0.717, 1.165) is 11.8 Å². The molecule has 0 amide bonds. The molecule has 2 saturated carbocycles. The second-order valence-corrected chi connectivity index (χ2v) is 4.03. The number of hydrogen-bond donors (Lipinski definition) is 2. The molecule has 0 aromatic rings. The Bertz CT molecular complexity index is 130. The minimum absolute atomic E-state index is 0.284. The van der Waals surface area contributed by atoms with E-state index in [1.807, 2.05) is 0 Å². The second-order valence-electron chi connectivity index (χ2n) is 4.03. The Morgan fingerprint density at radius 1 is 0.909 bits per heavy atom. The Morgan fingerprint density at radius 3 is 1.73 bits per heavy atom. The minimum atomic E-state index is 0.284. The quantitative estimate of drug-likeness (QED) is 0.615. The minimum Gasteiger partial charge on any atom is -0.396 e. The lowest BCUT2D eigenvalue weighted by Crippen LogP contribution is -2.27. The summed E-state index contributed by atoms with van der Waals surface area (Å²) in [6.07, 6.45) is 3.83. The normalized spacial score (nSPS) is 48.5. The van der Waals surface area contributed by atoms with Crippen LogP contribution in [-0.2, 0) is 0 Å². The van der Waals surface area contributed by atoms with Crippen LogP contribution in [0.5, 0.6) is 0 Å². The van der Waals surface area contributed by atoms with Crippen molar-refractivity contribution in [1.29, 1.82) is 0 Å². The third-order valence-electron chi connectivity index (χ3n) is 3.70. The zero-order chi connectivity index (χ0) is 7.84. The van der Waals surface area contributed by atoms with Crippen LogP contribution < -0.4 is 0 Å². The zero-order valence-electron chi connectivity index (χ0n) is 6.74. The standard InChI is InChI=1S/C9H16O2/c10-4-8-6-1-2-7(3-6)9(8)5-11/h6-11H,1-5H2/t6-,7+,8?,9?. The van der Waals surface area contributed by atoms with Gasteiger partial charge in [0.25, 0.3) is 0 Å². The van der Waals surface area contributed by atoms with Crippen LogP contribution in [0.1, 0.15) is 19.3 Å². The van der Waals surface area contributed by atoms with Crippen LogP contribution in [0, 0.1) is 23.7 Å². The Balaban J connectivity index is 2.08. The molecule has 2 unspecified atom stereocenters. The summed E-state index contributed by atoms with van der Waals surface area (Å²) in [5, 5.41) is 18.2. The highest BCUT2D eigenvalue weighted by Crippen LogP contribution is 2.51. The van der Waals surface area contributed by atoms with Crippen molar-refractivity contribution in [2.75, 3.05) is 13.2 Å². The second kappa shape index (κ2) is 2.76. The average Bonchev–Trinajstić information content (AvgIpc) is 2.60. The first-order valence-electron chi connectivity index (χ1n) is 4.58. The van der Waals surface area contributed by atoms with Gasteiger partial charge in [-0.3, -0.25) is 0 Å². The molecule has 2 fully saturated rings. The molecule has 0 saturated heterocycles. The van der Waals surface area contributed by atoms with E-state index >= 15 is 0 Å². The lowest BCUT2D eigenvalue weighted by molar-refractivity contribution is 0.0791. The molecule has 2 bridgehead atoms. The van der Waals surface area contributed by atoms with Crippen molar-refractivity contribution in [3.63, 3.8) is 0 Å². The smallest absolute Gasteiger partial charge is 0.0465 e. The molecule has 2 rings (SSSR count). The largest absolute Gasteiger partial charge is 0.396 e. The van der Waals surface area contributed by atoms with Crippen molar-refractivity contribution in [2.24, 2.45) is 23.7 Å². The van der Waals surface area contributed by atoms with Gasteiger partial charge >= 0.3 is 0 Å². The molecule has 4 atom stereocenters. The molecule has 2 aliphatic carbocycles. The lowest BCUT2D eigenvalue weighted by atomic mass is 9.80. The molecule has 2 heteroatoms. The summed E-state index contributed by atoms with van der Waals surface area (Å²) < 4.78 is 0. The maximum Gasteiger partial charge on any atom is 0.0465 e. The van der Waals surface area contributed by atoms with Gasteiger partial charge < -0.3 is 10.2 Å². The Labute approximate surface area is 67.2 Å². The zero-order valence-corrected chi connectivity index (χ0v) is 6.74. The summed E-state index contributed by atoms with van der Waals surface area (Å²) in [5.74, 6) is 2.28.